The van der Waals surface area contributed by atoms with E-state index in [1.807, 2.05) is 20.1 Å². The van der Waals surface area contributed by atoms with E-state index in [9.17, 15) is 18.0 Å². The third-order valence-electron chi connectivity index (χ3n) is 5.03. The first-order valence-corrected chi connectivity index (χ1v) is 12.1. The Morgan fingerprint density at radius 3 is 2.59 bits per heavy atom. The van der Waals surface area contributed by atoms with E-state index < -0.39 is 17.6 Å². The minimum Gasteiger partial charge on any atom is -0.325 e. The van der Waals surface area contributed by atoms with Crippen LogP contribution in [-0.2, 0) is 17.4 Å². The summed E-state index contributed by atoms with van der Waals surface area (Å²) < 4.78 is 42.6. The number of aromatic nitrogens is 4. The van der Waals surface area contributed by atoms with Crippen LogP contribution in [0.5, 0.6) is 0 Å². The summed E-state index contributed by atoms with van der Waals surface area (Å²) in [7, 11) is 0. The molecule has 0 radical (unpaired) electrons. The molecule has 3 aromatic rings. The van der Waals surface area contributed by atoms with Crippen molar-refractivity contribution in [1.29, 1.82) is 0 Å². The maximum absolute atomic E-state index is 13.7. The van der Waals surface area contributed by atoms with Gasteiger partial charge in [-0.15, -0.1) is 16.9 Å². The summed E-state index contributed by atoms with van der Waals surface area (Å²) in [4.78, 5) is 21.9. The number of carbonyl (C=O) groups excluding carboxylic acids is 1. The first kappa shape index (κ1) is 24.4. The number of anilines is 1. The number of aryl methyl sites for hydroxylation is 2. The van der Waals surface area contributed by atoms with Gasteiger partial charge in [0, 0.05) is 27.1 Å². The van der Waals surface area contributed by atoms with Gasteiger partial charge in [-0.1, -0.05) is 25.6 Å². The summed E-state index contributed by atoms with van der Waals surface area (Å²) in [5, 5.41) is 7.50. The molecule has 1 aromatic carbocycles. The Morgan fingerprint density at radius 2 is 1.97 bits per heavy atom. The number of nitrogens with zero attached hydrogens (tertiary/aromatic N) is 4. The molecular formula is C21H24F3N5OS2. The molecule has 32 heavy (non-hydrogen) atoms. The lowest BCUT2D eigenvalue weighted by Gasteiger charge is -2.17. The Bertz CT molecular complexity index is 1150. The van der Waals surface area contributed by atoms with Gasteiger partial charge in [-0.2, -0.15) is 18.2 Å². The van der Waals surface area contributed by atoms with Crippen LogP contribution in [0.25, 0.3) is 5.78 Å². The topological polar surface area (TPSA) is 72.2 Å². The van der Waals surface area contributed by atoms with Crippen LogP contribution < -0.4 is 5.32 Å². The molecule has 0 saturated heterocycles. The van der Waals surface area contributed by atoms with Gasteiger partial charge in [0.25, 0.3) is 5.78 Å². The summed E-state index contributed by atoms with van der Waals surface area (Å²) in [6.45, 7) is 7.46. The van der Waals surface area contributed by atoms with Crippen molar-refractivity contribution in [3.8, 4) is 0 Å². The van der Waals surface area contributed by atoms with E-state index in [4.69, 9.17) is 0 Å². The van der Waals surface area contributed by atoms with E-state index in [0.29, 0.717) is 32.8 Å². The van der Waals surface area contributed by atoms with Gasteiger partial charge in [0.05, 0.1) is 17.7 Å². The van der Waals surface area contributed by atoms with Crippen molar-refractivity contribution < 1.29 is 18.0 Å². The van der Waals surface area contributed by atoms with Gasteiger partial charge in [0.2, 0.25) is 11.1 Å². The Labute approximate surface area is 192 Å². The first-order chi connectivity index (χ1) is 15.0. The Morgan fingerprint density at radius 1 is 1.25 bits per heavy atom. The van der Waals surface area contributed by atoms with E-state index in [2.05, 4.69) is 20.4 Å². The highest BCUT2D eigenvalue weighted by molar-refractivity contribution is 8.00. The van der Waals surface area contributed by atoms with Crippen molar-refractivity contribution in [3.63, 3.8) is 0 Å². The molecule has 3 rings (SSSR count). The predicted octanol–water partition coefficient (Wildman–Crippen LogP) is 5.55. The highest BCUT2D eigenvalue weighted by Gasteiger charge is 2.34. The minimum absolute atomic E-state index is 0.129. The molecule has 1 unspecified atom stereocenters. The number of thioether (sulfide) groups is 2. The highest BCUT2D eigenvalue weighted by Crippen LogP contribution is 2.38. The lowest BCUT2D eigenvalue weighted by molar-refractivity contribution is -0.137. The molecule has 0 aliphatic heterocycles. The Kier molecular flexibility index (Phi) is 7.39. The number of benzene rings is 1. The lowest BCUT2D eigenvalue weighted by atomic mass is 10.1. The summed E-state index contributed by atoms with van der Waals surface area (Å²) in [5.74, 6) is -0.141. The molecule has 0 aliphatic carbocycles. The van der Waals surface area contributed by atoms with E-state index in [0.717, 1.165) is 12.5 Å². The average molecular weight is 484 g/mol. The fourth-order valence-corrected chi connectivity index (χ4v) is 4.44. The van der Waals surface area contributed by atoms with Gasteiger partial charge in [-0.05, 0) is 44.7 Å². The van der Waals surface area contributed by atoms with Crippen LogP contribution in [0.2, 0.25) is 0 Å². The molecule has 0 fully saturated rings. The van der Waals surface area contributed by atoms with Crippen LogP contribution in [0.3, 0.4) is 0 Å². The van der Waals surface area contributed by atoms with E-state index in [1.54, 1.807) is 24.4 Å². The van der Waals surface area contributed by atoms with Crippen molar-refractivity contribution in [2.45, 2.75) is 62.0 Å². The molecular weight excluding hydrogens is 459 g/mol. The third kappa shape index (κ3) is 5.37. The fourth-order valence-electron chi connectivity index (χ4n) is 3.14. The SMILES string of the molecule is CCC(C)Sc1ccc(NC(=O)Cc2c(C)nc3nc(SC)nn3c2C)c(C(F)(F)F)c1. The molecule has 1 N–H and O–H groups in total. The van der Waals surface area contributed by atoms with Crippen LogP contribution >= 0.6 is 23.5 Å². The fraction of sp³-hybridized carbons (Fsp3) is 0.429. The van der Waals surface area contributed by atoms with Gasteiger partial charge >= 0.3 is 6.18 Å². The molecule has 2 aromatic heterocycles. The van der Waals surface area contributed by atoms with Crippen LogP contribution in [-0.4, -0.2) is 37.0 Å². The number of rotatable bonds is 7. The number of amides is 1. The van der Waals surface area contributed by atoms with Gasteiger partial charge < -0.3 is 5.32 Å². The van der Waals surface area contributed by atoms with Crippen molar-refractivity contribution >= 4 is 40.9 Å². The maximum Gasteiger partial charge on any atom is 0.418 e. The van der Waals surface area contributed by atoms with E-state index >= 15 is 0 Å². The van der Waals surface area contributed by atoms with E-state index in [1.165, 1.54) is 29.6 Å². The van der Waals surface area contributed by atoms with E-state index in [-0.39, 0.29) is 17.4 Å². The molecule has 0 saturated carbocycles. The Balaban J connectivity index is 1.87. The number of hydrogen-bond donors (Lipinski definition) is 1. The van der Waals surface area contributed by atoms with Crippen molar-refractivity contribution in [2.75, 3.05) is 11.6 Å². The summed E-state index contributed by atoms with van der Waals surface area (Å²) in [6, 6.07) is 4.01. The molecule has 2 heterocycles. The van der Waals surface area contributed by atoms with Crippen molar-refractivity contribution in [3.05, 3.63) is 40.7 Å². The summed E-state index contributed by atoms with van der Waals surface area (Å²) in [6.07, 6.45) is -2.03. The number of hydrogen-bond acceptors (Lipinski definition) is 6. The normalized spacial score (nSPS) is 12.9. The van der Waals surface area contributed by atoms with Crippen molar-refractivity contribution in [1.82, 2.24) is 19.6 Å². The standard InChI is InChI=1S/C21H24F3N5OS2/c1-6-11(2)32-14-7-8-17(16(9-14)21(22,23)24)26-18(30)10-15-12(3)25-19-27-20(31-5)28-29(19)13(15)4/h7-9,11H,6,10H2,1-5H3,(H,26,30). The largest absolute Gasteiger partial charge is 0.418 e. The molecule has 172 valence electrons. The maximum atomic E-state index is 13.7. The number of fused-ring (bicyclic) bond motifs is 1. The lowest BCUT2D eigenvalue weighted by Crippen LogP contribution is -2.20. The molecule has 0 spiro atoms. The second-order valence-corrected chi connectivity index (χ2v) is 9.62. The summed E-state index contributed by atoms with van der Waals surface area (Å²) in [5.41, 5.74) is 0.742. The van der Waals surface area contributed by atoms with Gasteiger partial charge in [-0.3, -0.25) is 4.79 Å². The minimum atomic E-state index is -4.59. The molecule has 0 bridgehead atoms. The monoisotopic (exact) mass is 483 g/mol. The second-order valence-electron chi connectivity index (χ2n) is 7.34. The molecule has 1 amide bonds. The number of nitrogens with one attached hydrogen (secondary N) is 1. The summed E-state index contributed by atoms with van der Waals surface area (Å²) >= 11 is 2.74. The van der Waals surface area contributed by atoms with Crippen LogP contribution in [0.1, 0.15) is 42.8 Å². The van der Waals surface area contributed by atoms with Crippen molar-refractivity contribution in [2.24, 2.45) is 0 Å². The van der Waals surface area contributed by atoms with Crippen LogP contribution in [0, 0.1) is 13.8 Å². The zero-order chi connectivity index (χ0) is 23.6. The molecule has 0 aliphatic rings. The van der Waals surface area contributed by atoms with Crippen LogP contribution in [0.15, 0.2) is 28.3 Å². The zero-order valence-corrected chi connectivity index (χ0v) is 20.0. The number of halogens is 3. The Hall–Kier alpha value is -2.27. The second kappa shape index (κ2) is 9.70. The predicted molar refractivity (Wildman–Crippen MR) is 121 cm³/mol. The smallest absolute Gasteiger partial charge is 0.325 e. The number of alkyl halides is 3. The highest BCUT2D eigenvalue weighted by atomic mass is 32.2. The van der Waals surface area contributed by atoms with Gasteiger partial charge in [0.15, 0.2) is 0 Å². The number of carbonyl (C=O) groups is 1. The third-order valence-corrected chi connectivity index (χ3v) is 6.83. The molecule has 11 heteroatoms. The van der Waals surface area contributed by atoms with Crippen LogP contribution in [0.4, 0.5) is 18.9 Å². The average Bonchev–Trinajstić information content (AvgIpc) is 3.14. The quantitative estimate of drug-likeness (QED) is 0.444. The molecule has 6 nitrogen and oxygen atoms in total. The van der Waals surface area contributed by atoms with Gasteiger partial charge in [0.1, 0.15) is 0 Å². The zero-order valence-electron chi connectivity index (χ0n) is 18.4. The first-order valence-electron chi connectivity index (χ1n) is 9.98. The van der Waals surface area contributed by atoms with Gasteiger partial charge in [-0.25, -0.2) is 9.50 Å². The molecule has 1 atom stereocenters.